The molecule has 2 rings (SSSR count). The van der Waals surface area contributed by atoms with Crippen LogP contribution >= 0.6 is 0 Å². The minimum atomic E-state index is -0.407. The Kier molecular flexibility index (Phi) is 3.31. The van der Waals surface area contributed by atoms with Gasteiger partial charge in [-0.15, -0.1) is 0 Å². The standard InChI is InChI=1S/C15H22N2O2/c1-9-8-12(10(2)11(3)13(9)19-5)15(6-7-15)14(18)17(4)16/h8H,6-7,16H2,1-5H3. The molecule has 0 radical (unpaired) electrons. The second-order valence-electron chi connectivity index (χ2n) is 5.52. The van der Waals surface area contributed by atoms with Crippen LogP contribution in [0.2, 0.25) is 0 Å². The van der Waals surface area contributed by atoms with Crippen molar-refractivity contribution in [3.05, 3.63) is 28.3 Å². The Hall–Kier alpha value is -1.55. The van der Waals surface area contributed by atoms with Crippen molar-refractivity contribution in [1.82, 2.24) is 5.01 Å². The molecule has 2 N–H and O–H groups in total. The summed E-state index contributed by atoms with van der Waals surface area (Å²) in [6, 6.07) is 2.08. The zero-order valence-electron chi connectivity index (χ0n) is 12.3. The maximum atomic E-state index is 12.3. The predicted octanol–water partition coefficient (Wildman–Crippen LogP) is 1.98. The van der Waals surface area contributed by atoms with Gasteiger partial charge < -0.3 is 4.74 Å². The first-order chi connectivity index (χ1) is 8.85. The number of nitrogens with two attached hydrogens (primary N) is 1. The van der Waals surface area contributed by atoms with E-state index >= 15 is 0 Å². The SMILES string of the molecule is COc1c(C)cc(C2(C(=O)N(C)N)CC2)c(C)c1C. The number of ether oxygens (including phenoxy) is 1. The lowest BCUT2D eigenvalue weighted by molar-refractivity contribution is -0.132. The molecule has 0 atom stereocenters. The molecule has 1 fully saturated rings. The lowest BCUT2D eigenvalue weighted by Gasteiger charge is -2.24. The molecule has 0 saturated heterocycles. The Labute approximate surface area is 114 Å². The second kappa shape index (κ2) is 4.53. The summed E-state index contributed by atoms with van der Waals surface area (Å²) in [6.45, 7) is 6.11. The van der Waals surface area contributed by atoms with Crippen LogP contribution in [0.4, 0.5) is 0 Å². The van der Waals surface area contributed by atoms with E-state index in [-0.39, 0.29) is 5.91 Å². The van der Waals surface area contributed by atoms with Crippen LogP contribution in [0.1, 0.15) is 35.1 Å². The number of aryl methyl sites for hydroxylation is 1. The van der Waals surface area contributed by atoms with E-state index in [4.69, 9.17) is 10.6 Å². The van der Waals surface area contributed by atoms with Crippen molar-refractivity contribution in [3.63, 3.8) is 0 Å². The number of carbonyl (C=O) groups excluding carboxylic acids is 1. The topological polar surface area (TPSA) is 55.6 Å². The highest BCUT2D eigenvalue weighted by Gasteiger charge is 2.53. The molecule has 19 heavy (non-hydrogen) atoms. The third-order valence-electron chi connectivity index (χ3n) is 4.23. The van der Waals surface area contributed by atoms with Gasteiger partial charge in [0.15, 0.2) is 0 Å². The molecule has 0 heterocycles. The van der Waals surface area contributed by atoms with Crippen molar-refractivity contribution < 1.29 is 9.53 Å². The number of hydrazine groups is 1. The van der Waals surface area contributed by atoms with Gasteiger partial charge in [0.05, 0.1) is 12.5 Å². The van der Waals surface area contributed by atoms with Gasteiger partial charge in [-0.2, -0.15) is 0 Å². The van der Waals surface area contributed by atoms with Crippen LogP contribution < -0.4 is 10.6 Å². The summed E-state index contributed by atoms with van der Waals surface area (Å²) in [7, 11) is 3.29. The Morgan fingerprint density at radius 1 is 1.32 bits per heavy atom. The maximum Gasteiger partial charge on any atom is 0.246 e. The van der Waals surface area contributed by atoms with Crippen LogP contribution in [0, 0.1) is 20.8 Å². The summed E-state index contributed by atoms with van der Waals surface area (Å²) in [5.41, 5.74) is 4.01. The molecule has 4 nitrogen and oxygen atoms in total. The molecule has 4 heteroatoms. The number of nitrogens with zero attached hydrogens (tertiary/aromatic N) is 1. The number of hydrogen-bond donors (Lipinski definition) is 1. The van der Waals surface area contributed by atoms with Crippen molar-refractivity contribution in [2.24, 2.45) is 5.84 Å². The van der Waals surface area contributed by atoms with E-state index in [2.05, 4.69) is 13.0 Å². The molecular formula is C15H22N2O2. The monoisotopic (exact) mass is 262 g/mol. The lowest BCUT2D eigenvalue weighted by atomic mass is 9.86. The Morgan fingerprint density at radius 3 is 2.32 bits per heavy atom. The molecule has 0 spiro atoms. The molecule has 1 saturated carbocycles. The maximum absolute atomic E-state index is 12.3. The van der Waals surface area contributed by atoms with Crippen LogP contribution in [0.3, 0.4) is 0 Å². The normalized spacial score (nSPS) is 16.1. The van der Waals surface area contributed by atoms with Gasteiger partial charge in [0.1, 0.15) is 5.75 Å². The third kappa shape index (κ3) is 2.00. The quantitative estimate of drug-likeness (QED) is 0.515. The highest BCUT2D eigenvalue weighted by molar-refractivity contribution is 5.91. The van der Waals surface area contributed by atoms with E-state index in [1.54, 1.807) is 14.2 Å². The van der Waals surface area contributed by atoms with E-state index in [9.17, 15) is 4.79 Å². The summed E-state index contributed by atoms with van der Waals surface area (Å²) in [4.78, 5) is 12.3. The zero-order valence-corrected chi connectivity index (χ0v) is 12.3. The van der Waals surface area contributed by atoms with Gasteiger partial charge in [0, 0.05) is 7.05 Å². The van der Waals surface area contributed by atoms with Crippen LogP contribution in [-0.4, -0.2) is 25.1 Å². The molecule has 1 amide bonds. The number of rotatable bonds is 3. The van der Waals surface area contributed by atoms with E-state index in [0.717, 1.165) is 40.8 Å². The first kappa shape index (κ1) is 13.9. The van der Waals surface area contributed by atoms with Gasteiger partial charge in [-0.05, 0) is 55.9 Å². The minimum Gasteiger partial charge on any atom is -0.496 e. The molecule has 1 aromatic carbocycles. The molecule has 0 aliphatic heterocycles. The van der Waals surface area contributed by atoms with Crippen molar-refractivity contribution in [2.75, 3.05) is 14.2 Å². The van der Waals surface area contributed by atoms with Crippen molar-refractivity contribution in [1.29, 1.82) is 0 Å². The summed E-state index contributed by atoms with van der Waals surface area (Å²) >= 11 is 0. The predicted molar refractivity (Wildman–Crippen MR) is 75.1 cm³/mol. The minimum absolute atomic E-state index is 0.000401. The first-order valence-electron chi connectivity index (χ1n) is 6.53. The van der Waals surface area contributed by atoms with Crippen molar-refractivity contribution >= 4 is 5.91 Å². The zero-order chi connectivity index (χ0) is 14.4. The van der Waals surface area contributed by atoms with Crippen LogP contribution in [0.15, 0.2) is 6.07 Å². The number of hydrogen-bond acceptors (Lipinski definition) is 3. The summed E-state index contributed by atoms with van der Waals surface area (Å²) < 4.78 is 5.43. The molecule has 1 aliphatic carbocycles. The smallest absolute Gasteiger partial charge is 0.246 e. The lowest BCUT2D eigenvalue weighted by Crippen LogP contribution is -2.41. The molecule has 0 aromatic heterocycles. The fourth-order valence-electron chi connectivity index (χ4n) is 2.93. The third-order valence-corrected chi connectivity index (χ3v) is 4.23. The fraction of sp³-hybridized carbons (Fsp3) is 0.533. The second-order valence-corrected chi connectivity index (χ2v) is 5.52. The number of likely N-dealkylation sites (N-methyl/N-ethyl adjacent to an activating group) is 1. The van der Waals surface area contributed by atoms with Crippen LogP contribution in [0.5, 0.6) is 5.75 Å². The highest BCUT2D eigenvalue weighted by Crippen LogP contribution is 2.51. The molecule has 0 bridgehead atoms. The Balaban J connectivity index is 2.56. The molecule has 0 unspecified atom stereocenters. The average Bonchev–Trinajstić information content (AvgIpc) is 3.14. The summed E-state index contributed by atoms with van der Waals surface area (Å²) in [5, 5.41) is 1.21. The van der Waals surface area contributed by atoms with Gasteiger partial charge in [-0.25, -0.2) is 5.84 Å². The largest absolute Gasteiger partial charge is 0.496 e. The number of carbonyl (C=O) groups is 1. The number of benzene rings is 1. The average molecular weight is 262 g/mol. The van der Waals surface area contributed by atoms with E-state index in [1.807, 2.05) is 13.8 Å². The van der Waals surface area contributed by atoms with Gasteiger partial charge in [0.25, 0.3) is 0 Å². The number of methoxy groups -OCH3 is 1. The molecule has 104 valence electrons. The van der Waals surface area contributed by atoms with Gasteiger partial charge in [0.2, 0.25) is 5.91 Å². The summed E-state index contributed by atoms with van der Waals surface area (Å²) in [6.07, 6.45) is 1.75. The van der Waals surface area contributed by atoms with Gasteiger partial charge in [-0.3, -0.25) is 9.80 Å². The molecule has 1 aliphatic rings. The van der Waals surface area contributed by atoms with Crippen molar-refractivity contribution in [2.45, 2.75) is 39.0 Å². The van der Waals surface area contributed by atoms with Crippen molar-refractivity contribution in [3.8, 4) is 5.75 Å². The Morgan fingerprint density at radius 2 is 1.89 bits per heavy atom. The van der Waals surface area contributed by atoms with Gasteiger partial charge in [-0.1, -0.05) is 6.07 Å². The molecular weight excluding hydrogens is 240 g/mol. The summed E-state index contributed by atoms with van der Waals surface area (Å²) in [5.74, 6) is 6.55. The first-order valence-corrected chi connectivity index (χ1v) is 6.53. The highest BCUT2D eigenvalue weighted by atomic mass is 16.5. The number of amides is 1. The van der Waals surface area contributed by atoms with E-state index in [1.165, 1.54) is 5.01 Å². The fourth-order valence-corrected chi connectivity index (χ4v) is 2.93. The van der Waals surface area contributed by atoms with Crippen LogP contribution in [-0.2, 0) is 10.2 Å². The molecule has 1 aromatic rings. The van der Waals surface area contributed by atoms with Crippen LogP contribution in [0.25, 0.3) is 0 Å². The van der Waals surface area contributed by atoms with Gasteiger partial charge >= 0.3 is 0 Å². The van der Waals surface area contributed by atoms with E-state index in [0.29, 0.717) is 0 Å². The van der Waals surface area contributed by atoms with E-state index < -0.39 is 5.41 Å². The Bertz CT molecular complexity index is 531.